The van der Waals surface area contributed by atoms with Crippen LogP contribution in [-0.2, 0) is 16.6 Å². The second kappa shape index (κ2) is 7.06. The molecule has 0 spiro atoms. The molecule has 0 aromatic heterocycles. The Morgan fingerprint density at radius 2 is 1.65 bits per heavy atom. The van der Waals surface area contributed by atoms with Crippen molar-refractivity contribution in [1.82, 2.24) is 9.03 Å². The summed E-state index contributed by atoms with van der Waals surface area (Å²) >= 11 is 0. The summed E-state index contributed by atoms with van der Waals surface area (Å²) < 4.78 is 28.6. The van der Waals surface area contributed by atoms with Crippen molar-refractivity contribution in [1.29, 1.82) is 0 Å². The normalized spacial score (nSPS) is 17.8. The number of hydrogen-bond acceptors (Lipinski definition) is 3. The minimum absolute atomic E-state index is 0.419. The number of nitrogens with two attached hydrogens (primary N) is 1. The van der Waals surface area contributed by atoms with Gasteiger partial charge in [-0.2, -0.15) is 12.7 Å². The Labute approximate surface area is 121 Å². The van der Waals surface area contributed by atoms with Crippen LogP contribution in [0.5, 0.6) is 0 Å². The van der Waals surface area contributed by atoms with E-state index in [-0.39, 0.29) is 0 Å². The Kier molecular flexibility index (Phi) is 5.39. The number of anilines is 1. The maximum atomic E-state index is 12.2. The van der Waals surface area contributed by atoms with Gasteiger partial charge >= 0.3 is 0 Å². The van der Waals surface area contributed by atoms with Crippen molar-refractivity contribution in [2.45, 2.75) is 32.1 Å². The predicted octanol–water partition coefficient (Wildman–Crippen LogP) is 1.52. The highest BCUT2D eigenvalue weighted by molar-refractivity contribution is 7.87. The number of benzene rings is 1. The molecule has 112 valence electrons. The van der Waals surface area contributed by atoms with Crippen LogP contribution in [0.2, 0.25) is 0 Å². The van der Waals surface area contributed by atoms with Crippen LogP contribution in [0.25, 0.3) is 0 Å². The Bertz CT molecular complexity index is 506. The lowest BCUT2D eigenvalue weighted by atomic mass is 10.1. The number of nitrogens with zero attached hydrogens (tertiary/aromatic N) is 1. The summed E-state index contributed by atoms with van der Waals surface area (Å²) in [7, 11) is -3.33. The van der Waals surface area contributed by atoms with Gasteiger partial charge in [0.25, 0.3) is 10.2 Å². The molecule has 1 heterocycles. The van der Waals surface area contributed by atoms with E-state index in [2.05, 4.69) is 4.72 Å². The molecule has 0 atom stereocenters. The van der Waals surface area contributed by atoms with Crippen molar-refractivity contribution in [3.63, 3.8) is 0 Å². The molecule has 0 unspecified atom stereocenters. The van der Waals surface area contributed by atoms with E-state index in [1.165, 1.54) is 0 Å². The molecule has 1 fully saturated rings. The fourth-order valence-corrected chi connectivity index (χ4v) is 3.66. The van der Waals surface area contributed by atoms with Gasteiger partial charge in [-0.3, -0.25) is 0 Å². The van der Waals surface area contributed by atoms with Crippen LogP contribution >= 0.6 is 0 Å². The van der Waals surface area contributed by atoms with Crippen LogP contribution in [0.15, 0.2) is 24.3 Å². The third kappa shape index (κ3) is 4.47. The van der Waals surface area contributed by atoms with Crippen LogP contribution in [0.3, 0.4) is 0 Å². The van der Waals surface area contributed by atoms with Gasteiger partial charge in [-0.15, -0.1) is 0 Å². The molecule has 0 bridgehead atoms. The monoisotopic (exact) mass is 297 g/mol. The van der Waals surface area contributed by atoms with Gasteiger partial charge in [0.15, 0.2) is 0 Å². The highest BCUT2D eigenvalue weighted by atomic mass is 32.2. The van der Waals surface area contributed by atoms with Crippen LogP contribution in [0.1, 0.15) is 31.2 Å². The third-order valence-corrected chi connectivity index (χ3v) is 5.20. The summed E-state index contributed by atoms with van der Waals surface area (Å²) in [5.74, 6) is 0. The topological polar surface area (TPSA) is 75.4 Å². The summed E-state index contributed by atoms with van der Waals surface area (Å²) in [5.41, 5.74) is 7.42. The summed E-state index contributed by atoms with van der Waals surface area (Å²) in [4.78, 5) is 0. The molecule has 6 heteroatoms. The molecule has 0 saturated carbocycles. The Morgan fingerprint density at radius 3 is 2.25 bits per heavy atom. The lowest BCUT2D eigenvalue weighted by Crippen LogP contribution is -2.41. The van der Waals surface area contributed by atoms with E-state index in [9.17, 15) is 8.42 Å². The fraction of sp³-hybridized carbons (Fsp3) is 0.571. The zero-order chi connectivity index (χ0) is 14.4. The standard InChI is InChI=1S/C14H23N3O2S/c15-14-7-5-13(6-8-14)9-10-16-20(18,19)17-11-3-1-2-4-12-17/h5-8,16H,1-4,9-12,15H2. The van der Waals surface area contributed by atoms with Crippen LogP contribution in [0, 0.1) is 0 Å². The van der Waals surface area contributed by atoms with Crippen molar-refractivity contribution in [3.05, 3.63) is 29.8 Å². The first-order valence-electron chi connectivity index (χ1n) is 7.17. The van der Waals surface area contributed by atoms with Crippen molar-refractivity contribution in [2.75, 3.05) is 25.4 Å². The maximum absolute atomic E-state index is 12.2. The minimum Gasteiger partial charge on any atom is -0.399 e. The van der Waals surface area contributed by atoms with Gasteiger partial charge in [0.2, 0.25) is 0 Å². The molecule has 5 nitrogen and oxygen atoms in total. The van der Waals surface area contributed by atoms with Crippen molar-refractivity contribution < 1.29 is 8.42 Å². The number of nitrogen functional groups attached to an aromatic ring is 1. The van der Waals surface area contributed by atoms with E-state index >= 15 is 0 Å². The predicted molar refractivity (Wildman–Crippen MR) is 81.5 cm³/mol. The molecule has 0 amide bonds. The highest BCUT2D eigenvalue weighted by Gasteiger charge is 2.21. The summed E-state index contributed by atoms with van der Waals surface area (Å²) in [6.45, 7) is 1.69. The molecule has 20 heavy (non-hydrogen) atoms. The van der Waals surface area contributed by atoms with E-state index < -0.39 is 10.2 Å². The summed E-state index contributed by atoms with van der Waals surface area (Å²) in [5, 5.41) is 0. The molecule has 1 aromatic carbocycles. The molecule has 2 rings (SSSR count). The zero-order valence-corrected chi connectivity index (χ0v) is 12.5. The molecule has 0 radical (unpaired) electrons. The van der Waals surface area contributed by atoms with Crippen molar-refractivity contribution in [3.8, 4) is 0 Å². The molecular formula is C14H23N3O2S. The second-order valence-electron chi connectivity index (χ2n) is 5.20. The quantitative estimate of drug-likeness (QED) is 0.809. The number of hydrogen-bond donors (Lipinski definition) is 2. The highest BCUT2D eigenvalue weighted by Crippen LogP contribution is 2.12. The largest absolute Gasteiger partial charge is 0.399 e. The molecule has 1 aliphatic heterocycles. The molecule has 3 N–H and O–H groups in total. The smallest absolute Gasteiger partial charge is 0.279 e. The van der Waals surface area contributed by atoms with Gasteiger partial charge in [0, 0.05) is 25.3 Å². The van der Waals surface area contributed by atoms with Crippen molar-refractivity contribution >= 4 is 15.9 Å². The Hall–Kier alpha value is -1.11. The van der Waals surface area contributed by atoms with E-state index in [1.807, 2.05) is 24.3 Å². The summed E-state index contributed by atoms with van der Waals surface area (Å²) in [6, 6.07) is 7.52. The zero-order valence-electron chi connectivity index (χ0n) is 11.7. The second-order valence-corrected chi connectivity index (χ2v) is 6.96. The fourth-order valence-electron chi connectivity index (χ4n) is 2.38. The average Bonchev–Trinajstić information content (AvgIpc) is 2.70. The molecule has 1 saturated heterocycles. The Morgan fingerprint density at radius 1 is 1.05 bits per heavy atom. The Balaban J connectivity index is 1.84. The van der Waals surface area contributed by atoms with Crippen molar-refractivity contribution in [2.24, 2.45) is 0 Å². The van der Waals surface area contributed by atoms with E-state index in [0.29, 0.717) is 26.1 Å². The number of nitrogens with one attached hydrogen (secondary N) is 1. The molecular weight excluding hydrogens is 274 g/mol. The molecule has 1 aliphatic rings. The van der Waals surface area contributed by atoms with Gasteiger partial charge in [0.1, 0.15) is 0 Å². The summed E-state index contributed by atoms with van der Waals surface area (Å²) in [6.07, 6.45) is 4.83. The lowest BCUT2D eigenvalue weighted by Gasteiger charge is -2.20. The maximum Gasteiger partial charge on any atom is 0.279 e. The SMILES string of the molecule is Nc1ccc(CCNS(=O)(=O)N2CCCCCC2)cc1. The van der Waals surface area contributed by atoms with Gasteiger partial charge in [-0.1, -0.05) is 25.0 Å². The molecule has 0 aliphatic carbocycles. The van der Waals surface area contributed by atoms with Gasteiger partial charge < -0.3 is 5.73 Å². The van der Waals surface area contributed by atoms with Gasteiger partial charge in [-0.25, -0.2) is 4.72 Å². The van der Waals surface area contributed by atoms with E-state index in [4.69, 9.17) is 5.73 Å². The number of rotatable bonds is 5. The minimum atomic E-state index is -3.33. The van der Waals surface area contributed by atoms with E-state index in [0.717, 1.165) is 36.9 Å². The van der Waals surface area contributed by atoms with E-state index in [1.54, 1.807) is 4.31 Å². The van der Waals surface area contributed by atoms with Crippen LogP contribution in [-0.4, -0.2) is 32.4 Å². The molecule has 1 aromatic rings. The van der Waals surface area contributed by atoms with Crippen LogP contribution in [0.4, 0.5) is 5.69 Å². The van der Waals surface area contributed by atoms with Crippen LogP contribution < -0.4 is 10.5 Å². The first kappa shape index (κ1) is 15.3. The lowest BCUT2D eigenvalue weighted by molar-refractivity contribution is 0.415. The van der Waals surface area contributed by atoms with Gasteiger partial charge in [-0.05, 0) is 37.0 Å². The van der Waals surface area contributed by atoms with Gasteiger partial charge in [0.05, 0.1) is 0 Å². The first-order chi connectivity index (χ1) is 9.58. The first-order valence-corrected chi connectivity index (χ1v) is 8.61. The third-order valence-electron chi connectivity index (χ3n) is 3.58. The average molecular weight is 297 g/mol.